The third-order valence-corrected chi connectivity index (χ3v) is 3.91. The molecule has 0 amide bonds. The molecule has 2 atom stereocenters. The lowest BCUT2D eigenvalue weighted by molar-refractivity contribution is 0.200. The van der Waals surface area contributed by atoms with Crippen molar-refractivity contribution in [3.8, 4) is 0 Å². The minimum absolute atomic E-state index is 0.214. The van der Waals surface area contributed by atoms with E-state index >= 15 is 0 Å². The Bertz CT molecular complexity index is 162. The summed E-state index contributed by atoms with van der Waals surface area (Å²) in [4.78, 5) is 0. The van der Waals surface area contributed by atoms with Crippen LogP contribution in [0.2, 0.25) is 0 Å². The van der Waals surface area contributed by atoms with Crippen LogP contribution in [0.3, 0.4) is 0 Å². The molecule has 0 radical (unpaired) electrons. The standard InChI is InChI=1S/C11H21N/c1-2-11(12)7-3-4-10(8-11)9-5-6-9/h9-10H,2-8,12H2,1H3. The fourth-order valence-electron chi connectivity index (χ4n) is 2.73. The van der Waals surface area contributed by atoms with Gasteiger partial charge in [-0.3, -0.25) is 0 Å². The normalized spacial score (nSPS) is 43.0. The lowest BCUT2D eigenvalue weighted by Crippen LogP contribution is -2.44. The molecule has 2 fully saturated rings. The van der Waals surface area contributed by atoms with E-state index in [1.165, 1.54) is 44.9 Å². The van der Waals surface area contributed by atoms with E-state index in [2.05, 4.69) is 6.92 Å². The largest absolute Gasteiger partial charge is 0.325 e. The van der Waals surface area contributed by atoms with E-state index in [0.29, 0.717) is 0 Å². The molecule has 2 aliphatic carbocycles. The van der Waals surface area contributed by atoms with Crippen molar-refractivity contribution in [2.75, 3.05) is 0 Å². The lowest BCUT2D eigenvalue weighted by Gasteiger charge is -2.37. The van der Waals surface area contributed by atoms with Crippen molar-refractivity contribution < 1.29 is 0 Å². The minimum atomic E-state index is 0.214. The Hall–Kier alpha value is -0.0400. The number of hydrogen-bond acceptors (Lipinski definition) is 1. The third-order valence-electron chi connectivity index (χ3n) is 3.91. The van der Waals surface area contributed by atoms with Crippen LogP contribution in [0.5, 0.6) is 0 Å². The second kappa shape index (κ2) is 3.02. The monoisotopic (exact) mass is 167 g/mol. The molecule has 1 heteroatoms. The molecule has 2 aliphatic rings. The van der Waals surface area contributed by atoms with Crippen molar-refractivity contribution >= 4 is 0 Å². The number of nitrogens with two attached hydrogens (primary N) is 1. The van der Waals surface area contributed by atoms with E-state index in [1.807, 2.05) is 0 Å². The Labute approximate surface area is 75.7 Å². The third kappa shape index (κ3) is 1.66. The van der Waals surface area contributed by atoms with Crippen molar-refractivity contribution in [3.63, 3.8) is 0 Å². The summed E-state index contributed by atoms with van der Waals surface area (Å²) in [5, 5.41) is 0. The van der Waals surface area contributed by atoms with E-state index in [-0.39, 0.29) is 5.54 Å². The zero-order chi connectivity index (χ0) is 8.60. The highest BCUT2D eigenvalue weighted by molar-refractivity contribution is 4.94. The summed E-state index contributed by atoms with van der Waals surface area (Å²) >= 11 is 0. The number of hydrogen-bond donors (Lipinski definition) is 1. The van der Waals surface area contributed by atoms with Gasteiger partial charge in [-0.25, -0.2) is 0 Å². The average molecular weight is 167 g/mol. The second-order valence-electron chi connectivity index (χ2n) is 4.91. The van der Waals surface area contributed by atoms with Crippen LogP contribution in [0, 0.1) is 11.8 Å². The van der Waals surface area contributed by atoms with Gasteiger partial charge in [-0.2, -0.15) is 0 Å². The van der Waals surface area contributed by atoms with Crippen LogP contribution in [0.25, 0.3) is 0 Å². The highest BCUT2D eigenvalue weighted by atomic mass is 14.7. The summed E-state index contributed by atoms with van der Waals surface area (Å²) in [5.74, 6) is 2.06. The van der Waals surface area contributed by atoms with E-state index in [0.717, 1.165) is 11.8 Å². The molecule has 70 valence electrons. The fraction of sp³-hybridized carbons (Fsp3) is 1.00. The first-order chi connectivity index (χ1) is 5.73. The van der Waals surface area contributed by atoms with Gasteiger partial charge >= 0.3 is 0 Å². The van der Waals surface area contributed by atoms with Gasteiger partial charge in [0, 0.05) is 5.54 Å². The molecule has 0 aromatic heterocycles. The lowest BCUT2D eigenvalue weighted by atomic mass is 9.73. The molecule has 12 heavy (non-hydrogen) atoms. The fourth-order valence-corrected chi connectivity index (χ4v) is 2.73. The summed E-state index contributed by atoms with van der Waals surface area (Å²) in [6, 6.07) is 0. The molecule has 0 aromatic rings. The van der Waals surface area contributed by atoms with Gasteiger partial charge < -0.3 is 5.73 Å². The van der Waals surface area contributed by atoms with E-state index in [1.54, 1.807) is 0 Å². The zero-order valence-electron chi connectivity index (χ0n) is 8.18. The quantitative estimate of drug-likeness (QED) is 0.672. The Morgan fingerprint density at radius 1 is 1.25 bits per heavy atom. The van der Waals surface area contributed by atoms with Gasteiger partial charge in [-0.1, -0.05) is 19.8 Å². The maximum absolute atomic E-state index is 6.31. The molecule has 0 aromatic carbocycles. The van der Waals surface area contributed by atoms with Crippen LogP contribution in [-0.4, -0.2) is 5.54 Å². The molecule has 0 bridgehead atoms. The summed E-state index contributed by atoms with van der Waals surface area (Å²) in [6.07, 6.45) is 9.58. The molecule has 0 heterocycles. The molecule has 0 saturated heterocycles. The van der Waals surface area contributed by atoms with Crippen molar-refractivity contribution in [2.45, 2.75) is 57.4 Å². The van der Waals surface area contributed by atoms with Crippen LogP contribution < -0.4 is 5.73 Å². The van der Waals surface area contributed by atoms with Crippen molar-refractivity contribution in [2.24, 2.45) is 17.6 Å². The van der Waals surface area contributed by atoms with Gasteiger partial charge in [-0.15, -0.1) is 0 Å². The van der Waals surface area contributed by atoms with Crippen molar-refractivity contribution in [3.05, 3.63) is 0 Å². The van der Waals surface area contributed by atoms with Crippen LogP contribution in [0.1, 0.15) is 51.9 Å². The highest BCUT2D eigenvalue weighted by Gasteiger charge is 2.38. The summed E-state index contributed by atoms with van der Waals surface area (Å²) in [6.45, 7) is 2.25. The van der Waals surface area contributed by atoms with E-state index < -0.39 is 0 Å². The Kier molecular flexibility index (Phi) is 2.16. The second-order valence-corrected chi connectivity index (χ2v) is 4.91. The van der Waals surface area contributed by atoms with Gasteiger partial charge in [0.15, 0.2) is 0 Å². The van der Waals surface area contributed by atoms with Crippen LogP contribution in [0.4, 0.5) is 0 Å². The van der Waals surface area contributed by atoms with Gasteiger partial charge in [0.2, 0.25) is 0 Å². The smallest absolute Gasteiger partial charge is 0.0154 e. The highest BCUT2D eigenvalue weighted by Crippen LogP contribution is 2.46. The van der Waals surface area contributed by atoms with Gasteiger partial charge in [0.1, 0.15) is 0 Å². The van der Waals surface area contributed by atoms with Crippen LogP contribution in [-0.2, 0) is 0 Å². The zero-order valence-corrected chi connectivity index (χ0v) is 8.18. The van der Waals surface area contributed by atoms with Crippen LogP contribution >= 0.6 is 0 Å². The molecule has 2 unspecified atom stereocenters. The molecular formula is C11H21N. The SMILES string of the molecule is CCC1(N)CCCC(C2CC2)C1. The first-order valence-corrected chi connectivity index (χ1v) is 5.52. The molecule has 2 rings (SSSR count). The maximum Gasteiger partial charge on any atom is 0.0154 e. The number of rotatable bonds is 2. The first kappa shape index (κ1) is 8.55. The summed E-state index contributed by atoms with van der Waals surface area (Å²) in [7, 11) is 0. The Morgan fingerprint density at radius 3 is 2.58 bits per heavy atom. The van der Waals surface area contributed by atoms with Gasteiger partial charge in [0.05, 0.1) is 0 Å². The van der Waals surface area contributed by atoms with Gasteiger partial charge in [-0.05, 0) is 43.9 Å². The molecule has 2 saturated carbocycles. The van der Waals surface area contributed by atoms with Crippen LogP contribution in [0.15, 0.2) is 0 Å². The first-order valence-electron chi connectivity index (χ1n) is 5.52. The summed E-state index contributed by atoms with van der Waals surface area (Å²) < 4.78 is 0. The van der Waals surface area contributed by atoms with Crippen molar-refractivity contribution in [1.29, 1.82) is 0 Å². The molecule has 0 aliphatic heterocycles. The predicted molar refractivity (Wildman–Crippen MR) is 51.9 cm³/mol. The topological polar surface area (TPSA) is 26.0 Å². The average Bonchev–Trinajstić information content (AvgIpc) is 2.87. The Balaban J connectivity index is 1.93. The summed E-state index contributed by atoms with van der Waals surface area (Å²) in [5.41, 5.74) is 6.53. The Morgan fingerprint density at radius 2 is 2.00 bits per heavy atom. The van der Waals surface area contributed by atoms with Crippen molar-refractivity contribution in [1.82, 2.24) is 0 Å². The predicted octanol–water partition coefficient (Wildman–Crippen LogP) is 2.69. The minimum Gasteiger partial charge on any atom is -0.325 e. The van der Waals surface area contributed by atoms with E-state index in [9.17, 15) is 0 Å². The molecule has 0 spiro atoms. The van der Waals surface area contributed by atoms with Gasteiger partial charge in [0.25, 0.3) is 0 Å². The molecular weight excluding hydrogens is 146 g/mol. The maximum atomic E-state index is 6.31. The molecule has 1 nitrogen and oxygen atoms in total. The van der Waals surface area contributed by atoms with E-state index in [4.69, 9.17) is 5.73 Å². The molecule has 2 N–H and O–H groups in total.